The van der Waals surface area contributed by atoms with Crippen LogP contribution < -0.4 is 5.32 Å². The van der Waals surface area contributed by atoms with Crippen molar-refractivity contribution in [3.8, 4) is 0 Å². The van der Waals surface area contributed by atoms with Crippen LogP contribution in [0.25, 0.3) is 16.5 Å². The number of hydrogen-bond donors (Lipinski definition) is 1. The minimum atomic E-state index is 0.937. The molecule has 0 fully saturated rings. The number of aromatic nitrogens is 2. The second-order valence-corrected chi connectivity index (χ2v) is 4.38. The van der Waals surface area contributed by atoms with Gasteiger partial charge in [0.2, 0.25) is 0 Å². The van der Waals surface area contributed by atoms with Crippen molar-refractivity contribution in [2.45, 2.75) is 13.3 Å². The Kier molecular flexibility index (Phi) is 2.61. The Balaban J connectivity index is 2.23. The van der Waals surface area contributed by atoms with Crippen molar-refractivity contribution >= 4 is 16.5 Å². The van der Waals surface area contributed by atoms with Crippen LogP contribution in [-0.4, -0.2) is 23.1 Å². The summed E-state index contributed by atoms with van der Waals surface area (Å²) < 4.78 is 0. The summed E-state index contributed by atoms with van der Waals surface area (Å²) in [6.45, 7) is 4.06. The van der Waals surface area contributed by atoms with Crippen molar-refractivity contribution < 1.29 is 0 Å². The Bertz CT molecular complexity index is 587. The Morgan fingerprint density at radius 3 is 3.00 bits per heavy atom. The summed E-state index contributed by atoms with van der Waals surface area (Å²) in [4.78, 5) is 8.85. The Hall–Kier alpha value is -1.74. The predicted octanol–water partition coefficient (Wildman–Crippen LogP) is 2.31. The molecule has 0 saturated heterocycles. The molecule has 2 aromatic rings. The molecule has 1 aromatic heterocycles. The minimum Gasteiger partial charge on any atom is -0.313 e. The molecule has 0 amide bonds. The van der Waals surface area contributed by atoms with Gasteiger partial charge in [0.1, 0.15) is 6.33 Å². The quantitative estimate of drug-likeness (QED) is 0.809. The topological polar surface area (TPSA) is 37.8 Å². The molecule has 1 N–H and O–H groups in total. The molecule has 0 atom stereocenters. The van der Waals surface area contributed by atoms with E-state index >= 15 is 0 Å². The second-order valence-electron chi connectivity index (χ2n) is 4.38. The highest BCUT2D eigenvalue weighted by Crippen LogP contribution is 2.26. The lowest BCUT2D eigenvalue weighted by Crippen LogP contribution is -2.20. The maximum absolute atomic E-state index is 4.46. The van der Waals surface area contributed by atoms with E-state index in [1.54, 1.807) is 6.33 Å². The lowest BCUT2D eigenvalue weighted by atomic mass is 10.0. The van der Waals surface area contributed by atoms with Crippen LogP contribution in [0.3, 0.4) is 0 Å². The normalized spacial score (nSPS) is 15.9. The largest absolute Gasteiger partial charge is 0.313 e. The van der Waals surface area contributed by atoms with Gasteiger partial charge in [-0.15, -0.1) is 0 Å². The van der Waals surface area contributed by atoms with E-state index in [9.17, 15) is 0 Å². The average Bonchev–Trinajstić information content (AvgIpc) is 2.40. The van der Waals surface area contributed by atoms with Gasteiger partial charge < -0.3 is 5.32 Å². The van der Waals surface area contributed by atoms with Gasteiger partial charge in [0, 0.05) is 11.9 Å². The lowest BCUT2D eigenvalue weighted by Gasteiger charge is -2.15. The molecular weight excluding hydrogens is 210 g/mol. The van der Waals surface area contributed by atoms with E-state index in [2.05, 4.69) is 46.5 Å². The summed E-state index contributed by atoms with van der Waals surface area (Å²) in [5.74, 6) is 0. The molecule has 86 valence electrons. The maximum atomic E-state index is 4.46. The van der Waals surface area contributed by atoms with Crippen LogP contribution in [0.15, 0.2) is 30.6 Å². The minimum absolute atomic E-state index is 0.937. The van der Waals surface area contributed by atoms with Crippen LogP contribution in [-0.2, 0) is 0 Å². The lowest BCUT2D eigenvalue weighted by molar-refractivity contribution is 0.737. The maximum Gasteiger partial charge on any atom is 0.116 e. The van der Waals surface area contributed by atoms with Gasteiger partial charge in [0.25, 0.3) is 0 Å². The highest BCUT2D eigenvalue weighted by atomic mass is 14.9. The molecule has 0 unspecified atom stereocenters. The number of hydrogen-bond acceptors (Lipinski definition) is 3. The zero-order valence-corrected chi connectivity index (χ0v) is 9.90. The molecule has 3 heteroatoms. The van der Waals surface area contributed by atoms with E-state index in [0.29, 0.717) is 0 Å². The molecule has 1 aromatic carbocycles. The molecule has 1 aliphatic rings. The van der Waals surface area contributed by atoms with Crippen LogP contribution in [0, 0.1) is 6.92 Å². The summed E-state index contributed by atoms with van der Waals surface area (Å²) in [5, 5.41) is 4.49. The summed E-state index contributed by atoms with van der Waals surface area (Å²) >= 11 is 0. The number of aryl methyl sites for hydroxylation is 1. The smallest absolute Gasteiger partial charge is 0.116 e. The first kappa shape index (κ1) is 10.4. The van der Waals surface area contributed by atoms with Crippen molar-refractivity contribution in [2.75, 3.05) is 13.1 Å². The number of rotatable bonds is 1. The molecule has 3 nitrogen and oxygen atoms in total. The molecule has 3 rings (SSSR count). The van der Waals surface area contributed by atoms with Crippen LogP contribution in [0.4, 0.5) is 0 Å². The van der Waals surface area contributed by atoms with E-state index in [4.69, 9.17) is 0 Å². The van der Waals surface area contributed by atoms with E-state index in [1.807, 2.05) is 0 Å². The number of benzene rings is 1. The monoisotopic (exact) mass is 225 g/mol. The highest BCUT2D eigenvalue weighted by Gasteiger charge is 2.11. The molecule has 0 spiro atoms. The fraction of sp³-hybridized carbons (Fsp3) is 0.286. The Morgan fingerprint density at radius 1 is 1.24 bits per heavy atom. The number of nitrogens with zero attached hydrogens (tertiary/aromatic N) is 2. The van der Waals surface area contributed by atoms with E-state index in [-0.39, 0.29) is 0 Å². The Labute approximate surface area is 101 Å². The summed E-state index contributed by atoms with van der Waals surface area (Å²) in [6.07, 6.45) is 4.95. The third-order valence-electron chi connectivity index (χ3n) is 3.23. The van der Waals surface area contributed by atoms with Gasteiger partial charge in [-0.3, -0.25) is 0 Å². The van der Waals surface area contributed by atoms with E-state index in [0.717, 1.165) is 30.7 Å². The Morgan fingerprint density at radius 2 is 2.18 bits per heavy atom. The number of para-hydroxylation sites is 1. The van der Waals surface area contributed by atoms with Crippen molar-refractivity contribution in [2.24, 2.45) is 0 Å². The fourth-order valence-electron chi connectivity index (χ4n) is 2.33. The molecule has 17 heavy (non-hydrogen) atoms. The molecule has 0 bridgehead atoms. The molecule has 0 radical (unpaired) electrons. The van der Waals surface area contributed by atoms with Gasteiger partial charge >= 0.3 is 0 Å². The van der Waals surface area contributed by atoms with Gasteiger partial charge in [-0.25, -0.2) is 9.97 Å². The molecule has 2 heterocycles. The number of nitrogens with one attached hydrogen (secondary N) is 1. The number of fused-ring (bicyclic) bond motifs is 1. The summed E-state index contributed by atoms with van der Waals surface area (Å²) in [7, 11) is 0. The SMILES string of the molecule is Cc1cccc2c(C3=CCNCC3)ncnc12. The molecule has 0 aliphatic carbocycles. The standard InChI is InChI=1S/C14H15N3/c1-10-3-2-4-12-13(10)16-9-17-14(12)11-5-7-15-8-6-11/h2-5,9,15H,6-8H2,1H3. The second kappa shape index (κ2) is 4.26. The first-order chi connectivity index (χ1) is 8.36. The first-order valence-corrected chi connectivity index (χ1v) is 5.97. The summed E-state index contributed by atoms with van der Waals surface area (Å²) in [6, 6.07) is 6.28. The van der Waals surface area contributed by atoms with Gasteiger partial charge in [-0.05, 0) is 31.0 Å². The van der Waals surface area contributed by atoms with Crippen molar-refractivity contribution in [1.82, 2.24) is 15.3 Å². The first-order valence-electron chi connectivity index (χ1n) is 5.97. The fourth-order valence-corrected chi connectivity index (χ4v) is 2.33. The van der Waals surface area contributed by atoms with Crippen molar-refractivity contribution in [1.29, 1.82) is 0 Å². The third kappa shape index (κ3) is 1.83. The molecule has 0 saturated carbocycles. The van der Waals surface area contributed by atoms with E-state index < -0.39 is 0 Å². The zero-order valence-electron chi connectivity index (χ0n) is 9.90. The van der Waals surface area contributed by atoms with Crippen molar-refractivity contribution in [3.63, 3.8) is 0 Å². The third-order valence-corrected chi connectivity index (χ3v) is 3.23. The van der Waals surface area contributed by atoms with Gasteiger partial charge in [-0.2, -0.15) is 0 Å². The summed E-state index contributed by atoms with van der Waals surface area (Å²) in [5.41, 5.74) is 4.71. The van der Waals surface area contributed by atoms with E-state index in [1.165, 1.54) is 16.5 Å². The zero-order chi connectivity index (χ0) is 11.7. The van der Waals surface area contributed by atoms with Crippen LogP contribution in [0.2, 0.25) is 0 Å². The van der Waals surface area contributed by atoms with Gasteiger partial charge in [-0.1, -0.05) is 24.3 Å². The predicted molar refractivity (Wildman–Crippen MR) is 69.7 cm³/mol. The van der Waals surface area contributed by atoms with Gasteiger partial charge in [0.15, 0.2) is 0 Å². The van der Waals surface area contributed by atoms with Crippen LogP contribution >= 0.6 is 0 Å². The molecular formula is C14H15N3. The van der Waals surface area contributed by atoms with Gasteiger partial charge in [0.05, 0.1) is 11.2 Å². The van der Waals surface area contributed by atoms with Crippen LogP contribution in [0.1, 0.15) is 17.7 Å². The highest BCUT2D eigenvalue weighted by molar-refractivity contribution is 5.91. The average molecular weight is 225 g/mol. The van der Waals surface area contributed by atoms with Crippen molar-refractivity contribution in [3.05, 3.63) is 41.9 Å². The molecule has 1 aliphatic heterocycles. The van der Waals surface area contributed by atoms with Crippen LogP contribution in [0.5, 0.6) is 0 Å².